The largest absolute Gasteiger partial charge is 0.465 e. The SMILES string of the molecule is COC1(C)CC(c2ccco2)OC1=O. The van der Waals surface area contributed by atoms with E-state index in [4.69, 9.17) is 13.9 Å². The number of ether oxygens (including phenoxy) is 2. The van der Waals surface area contributed by atoms with Crippen LogP contribution in [0.4, 0.5) is 0 Å². The summed E-state index contributed by atoms with van der Waals surface area (Å²) in [5.74, 6) is 0.334. The normalized spacial score (nSPS) is 31.9. The van der Waals surface area contributed by atoms with Crippen molar-refractivity contribution in [2.75, 3.05) is 7.11 Å². The van der Waals surface area contributed by atoms with Crippen LogP contribution >= 0.6 is 0 Å². The van der Waals surface area contributed by atoms with Gasteiger partial charge in [-0.1, -0.05) is 0 Å². The van der Waals surface area contributed by atoms with E-state index in [1.165, 1.54) is 7.11 Å². The van der Waals surface area contributed by atoms with E-state index in [0.29, 0.717) is 12.2 Å². The summed E-state index contributed by atoms with van der Waals surface area (Å²) in [4.78, 5) is 11.4. The van der Waals surface area contributed by atoms with Gasteiger partial charge in [0.25, 0.3) is 0 Å². The number of furan rings is 1. The zero-order valence-electron chi connectivity index (χ0n) is 8.15. The Morgan fingerprint density at radius 2 is 2.43 bits per heavy atom. The first-order chi connectivity index (χ1) is 6.65. The van der Waals surface area contributed by atoms with Gasteiger partial charge in [-0.2, -0.15) is 0 Å². The number of rotatable bonds is 2. The molecule has 2 unspecified atom stereocenters. The Hall–Kier alpha value is -1.29. The van der Waals surface area contributed by atoms with Crippen molar-refractivity contribution >= 4 is 5.97 Å². The highest BCUT2D eigenvalue weighted by Gasteiger charge is 2.47. The van der Waals surface area contributed by atoms with E-state index < -0.39 is 5.60 Å². The number of hydrogen-bond donors (Lipinski definition) is 0. The Labute approximate surface area is 81.8 Å². The molecule has 2 rings (SSSR count). The summed E-state index contributed by atoms with van der Waals surface area (Å²) in [6, 6.07) is 3.56. The van der Waals surface area contributed by atoms with Crippen LogP contribution in [0.2, 0.25) is 0 Å². The maximum Gasteiger partial charge on any atom is 0.338 e. The minimum Gasteiger partial charge on any atom is -0.465 e. The first kappa shape index (κ1) is 9.27. The van der Waals surface area contributed by atoms with Crippen molar-refractivity contribution < 1.29 is 18.7 Å². The second-order valence-electron chi connectivity index (χ2n) is 3.55. The summed E-state index contributed by atoms with van der Waals surface area (Å²) in [6.45, 7) is 1.72. The molecule has 4 heteroatoms. The van der Waals surface area contributed by atoms with Crippen molar-refractivity contribution in [1.29, 1.82) is 0 Å². The average molecular weight is 196 g/mol. The summed E-state index contributed by atoms with van der Waals surface area (Å²) < 4.78 is 15.4. The molecule has 76 valence electrons. The van der Waals surface area contributed by atoms with Crippen LogP contribution in [-0.2, 0) is 14.3 Å². The molecule has 0 radical (unpaired) electrons. The lowest BCUT2D eigenvalue weighted by molar-refractivity contribution is -0.156. The van der Waals surface area contributed by atoms with Gasteiger partial charge in [0.15, 0.2) is 11.7 Å². The van der Waals surface area contributed by atoms with Crippen molar-refractivity contribution in [3.05, 3.63) is 24.2 Å². The first-order valence-corrected chi connectivity index (χ1v) is 4.45. The molecular formula is C10H12O4. The van der Waals surface area contributed by atoms with Crippen LogP contribution in [0.3, 0.4) is 0 Å². The van der Waals surface area contributed by atoms with Gasteiger partial charge in [-0.25, -0.2) is 4.79 Å². The van der Waals surface area contributed by atoms with E-state index in [9.17, 15) is 4.79 Å². The van der Waals surface area contributed by atoms with Gasteiger partial charge < -0.3 is 13.9 Å². The molecule has 4 nitrogen and oxygen atoms in total. The van der Waals surface area contributed by atoms with E-state index in [-0.39, 0.29) is 12.1 Å². The molecule has 1 fully saturated rings. The van der Waals surface area contributed by atoms with Gasteiger partial charge in [-0.05, 0) is 19.1 Å². The molecule has 0 N–H and O–H groups in total. The van der Waals surface area contributed by atoms with E-state index in [1.807, 2.05) is 0 Å². The van der Waals surface area contributed by atoms with Crippen molar-refractivity contribution in [3.8, 4) is 0 Å². The number of cyclic esters (lactones) is 1. The molecule has 1 aliphatic heterocycles. The van der Waals surface area contributed by atoms with E-state index in [0.717, 1.165) is 0 Å². The van der Waals surface area contributed by atoms with Crippen molar-refractivity contribution in [3.63, 3.8) is 0 Å². The number of methoxy groups -OCH3 is 1. The van der Waals surface area contributed by atoms with Gasteiger partial charge >= 0.3 is 5.97 Å². The minimum absolute atomic E-state index is 0.317. The van der Waals surface area contributed by atoms with E-state index >= 15 is 0 Å². The third kappa shape index (κ3) is 1.32. The molecule has 0 saturated carbocycles. The Balaban J connectivity index is 2.18. The van der Waals surface area contributed by atoms with Gasteiger partial charge in [0.1, 0.15) is 5.76 Å². The predicted molar refractivity (Wildman–Crippen MR) is 47.6 cm³/mol. The zero-order valence-corrected chi connectivity index (χ0v) is 8.15. The molecule has 1 saturated heterocycles. The van der Waals surface area contributed by atoms with Gasteiger partial charge in [-0.3, -0.25) is 0 Å². The molecule has 0 aromatic carbocycles. The second kappa shape index (κ2) is 3.13. The molecule has 0 bridgehead atoms. The first-order valence-electron chi connectivity index (χ1n) is 4.45. The lowest BCUT2D eigenvalue weighted by atomic mass is 10.0. The molecule has 2 heterocycles. The third-order valence-electron chi connectivity index (χ3n) is 2.57. The van der Waals surface area contributed by atoms with Crippen molar-refractivity contribution in [2.24, 2.45) is 0 Å². The van der Waals surface area contributed by atoms with E-state index in [1.54, 1.807) is 25.3 Å². The maximum absolute atomic E-state index is 11.4. The lowest BCUT2D eigenvalue weighted by Gasteiger charge is -2.15. The third-order valence-corrected chi connectivity index (χ3v) is 2.57. The number of esters is 1. The van der Waals surface area contributed by atoms with Crippen LogP contribution in [0.15, 0.2) is 22.8 Å². The van der Waals surface area contributed by atoms with Crippen LogP contribution in [0.1, 0.15) is 25.2 Å². The minimum atomic E-state index is -0.836. The average Bonchev–Trinajstić information content (AvgIpc) is 2.76. The van der Waals surface area contributed by atoms with Crippen LogP contribution < -0.4 is 0 Å². The molecule has 14 heavy (non-hydrogen) atoms. The molecule has 0 aliphatic carbocycles. The highest BCUT2D eigenvalue weighted by Crippen LogP contribution is 2.37. The topological polar surface area (TPSA) is 48.7 Å². The van der Waals surface area contributed by atoms with Gasteiger partial charge in [0, 0.05) is 13.5 Å². The molecule has 0 amide bonds. The maximum atomic E-state index is 11.4. The highest BCUT2D eigenvalue weighted by atomic mass is 16.6. The summed E-state index contributed by atoms with van der Waals surface area (Å²) in [5.41, 5.74) is -0.836. The summed E-state index contributed by atoms with van der Waals surface area (Å²) in [6.07, 6.45) is 1.74. The predicted octanol–water partition coefficient (Wildman–Crippen LogP) is 1.67. The Morgan fingerprint density at radius 1 is 1.64 bits per heavy atom. The van der Waals surface area contributed by atoms with Gasteiger partial charge in [-0.15, -0.1) is 0 Å². The fraction of sp³-hybridized carbons (Fsp3) is 0.500. The second-order valence-corrected chi connectivity index (χ2v) is 3.55. The fourth-order valence-corrected chi connectivity index (χ4v) is 1.53. The van der Waals surface area contributed by atoms with Crippen LogP contribution in [0, 0.1) is 0 Å². The van der Waals surface area contributed by atoms with Crippen LogP contribution in [-0.4, -0.2) is 18.7 Å². The molecule has 1 aromatic heterocycles. The van der Waals surface area contributed by atoms with Crippen LogP contribution in [0.5, 0.6) is 0 Å². The standard InChI is InChI=1S/C10H12O4/c1-10(12-2)6-8(14-9(10)11)7-4-3-5-13-7/h3-5,8H,6H2,1-2H3. The quantitative estimate of drug-likeness (QED) is 0.675. The smallest absolute Gasteiger partial charge is 0.338 e. The Morgan fingerprint density at radius 3 is 2.93 bits per heavy atom. The van der Waals surface area contributed by atoms with E-state index in [2.05, 4.69) is 0 Å². The summed E-state index contributed by atoms with van der Waals surface area (Å²) in [5, 5.41) is 0. The number of carbonyl (C=O) groups excluding carboxylic acids is 1. The van der Waals surface area contributed by atoms with Crippen molar-refractivity contribution in [1.82, 2.24) is 0 Å². The Bertz CT molecular complexity index is 330. The molecule has 0 spiro atoms. The van der Waals surface area contributed by atoms with Gasteiger partial charge in [0.2, 0.25) is 0 Å². The highest BCUT2D eigenvalue weighted by molar-refractivity contribution is 5.81. The monoisotopic (exact) mass is 196 g/mol. The summed E-state index contributed by atoms with van der Waals surface area (Å²) in [7, 11) is 1.51. The lowest BCUT2D eigenvalue weighted by Crippen LogP contribution is -2.32. The number of carbonyl (C=O) groups is 1. The zero-order chi connectivity index (χ0) is 10.2. The number of hydrogen-bond acceptors (Lipinski definition) is 4. The van der Waals surface area contributed by atoms with Crippen LogP contribution in [0.25, 0.3) is 0 Å². The molecular weight excluding hydrogens is 184 g/mol. The Kier molecular flexibility index (Phi) is 2.07. The summed E-state index contributed by atoms with van der Waals surface area (Å²) >= 11 is 0. The molecule has 2 atom stereocenters. The molecule has 1 aliphatic rings. The fourth-order valence-electron chi connectivity index (χ4n) is 1.53. The van der Waals surface area contributed by atoms with Crippen molar-refractivity contribution in [2.45, 2.75) is 25.0 Å². The van der Waals surface area contributed by atoms with Gasteiger partial charge in [0.05, 0.1) is 6.26 Å². The molecule has 1 aromatic rings.